The summed E-state index contributed by atoms with van der Waals surface area (Å²) in [4.78, 5) is 23.2. The number of hydrogen-bond acceptors (Lipinski definition) is 5. The van der Waals surface area contributed by atoms with E-state index >= 15 is 0 Å². The van der Waals surface area contributed by atoms with Gasteiger partial charge in [0.05, 0.1) is 16.9 Å². The summed E-state index contributed by atoms with van der Waals surface area (Å²) in [5.41, 5.74) is -0.0132. The van der Waals surface area contributed by atoms with Gasteiger partial charge in [-0.05, 0) is 31.0 Å². The summed E-state index contributed by atoms with van der Waals surface area (Å²) in [6.07, 6.45) is 0.892. The number of anilines is 2. The number of carbonyl (C=O) groups is 1. The highest BCUT2D eigenvalue weighted by molar-refractivity contribution is 7.92. The Kier molecular flexibility index (Phi) is 6.52. The van der Waals surface area contributed by atoms with Gasteiger partial charge >= 0.3 is 0 Å². The number of nitro groups is 1. The fraction of sp³-hybridized carbons (Fsp3) is 0.278. The average molecular weight is 427 g/mol. The van der Waals surface area contributed by atoms with Crippen molar-refractivity contribution in [1.29, 1.82) is 0 Å². The van der Waals surface area contributed by atoms with Crippen molar-refractivity contribution in [2.45, 2.75) is 26.3 Å². The largest absolute Gasteiger partial charge is 0.324 e. The minimum absolute atomic E-state index is 0.0186. The van der Waals surface area contributed by atoms with Gasteiger partial charge in [-0.3, -0.25) is 19.2 Å². The maximum absolute atomic E-state index is 13.4. The van der Waals surface area contributed by atoms with Crippen LogP contribution in [0.1, 0.15) is 18.9 Å². The number of aryl methyl sites for hydroxylation is 1. The third-order valence-electron chi connectivity index (χ3n) is 4.16. The highest BCUT2D eigenvalue weighted by Crippen LogP contribution is 2.30. The molecule has 0 saturated heterocycles. The number of carbonyl (C=O) groups excluding carboxylic acids is 1. The molecule has 0 aliphatic heterocycles. The number of halogens is 2. The molecule has 0 unspecified atom stereocenters. The minimum atomic E-state index is -4.03. The fourth-order valence-corrected chi connectivity index (χ4v) is 4.04. The lowest BCUT2D eigenvalue weighted by molar-refractivity contribution is -0.384. The zero-order valence-corrected chi connectivity index (χ0v) is 16.7. The number of non-ortho nitro benzene ring substituents is 1. The van der Waals surface area contributed by atoms with E-state index < -0.39 is 38.5 Å². The van der Waals surface area contributed by atoms with Gasteiger partial charge in [-0.15, -0.1) is 0 Å². The van der Waals surface area contributed by atoms with Crippen molar-refractivity contribution in [3.8, 4) is 0 Å². The number of nitrogens with one attached hydrogen (secondary N) is 1. The monoisotopic (exact) mass is 427 g/mol. The molecule has 156 valence electrons. The maximum Gasteiger partial charge on any atom is 0.271 e. The van der Waals surface area contributed by atoms with Gasteiger partial charge in [-0.25, -0.2) is 17.2 Å². The molecule has 0 bridgehead atoms. The number of rotatable bonds is 7. The molecule has 1 N–H and O–H groups in total. The van der Waals surface area contributed by atoms with Crippen molar-refractivity contribution in [1.82, 2.24) is 0 Å². The van der Waals surface area contributed by atoms with Crippen molar-refractivity contribution in [2.75, 3.05) is 15.9 Å². The predicted octanol–water partition coefficient (Wildman–Crippen LogP) is 3.36. The Morgan fingerprint density at radius 1 is 1.21 bits per heavy atom. The lowest BCUT2D eigenvalue weighted by atomic mass is 10.1. The van der Waals surface area contributed by atoms with Crippen LogP contribution in [0.25, 0.3) is 0 Å². The van der Waals surface area contributed by atoms with Crippen molar-refractivity contribution >= 4 is 33.0 Å². The van der Waals surface area contributed by atoms with Gasteiger partial charge in [0, 0.05) is 23.9 Å². The SMILES string of the molecule is CC[C@H](C(=O)Nc1ccc(F)c(F)c1)N(c1cc([N+](=O)[O-])ccc1C)S(C)(=O)=O. The topological polar surface area (TPSA) is 110 Å². The summed E-state index contributed by atoms with van der Waals surface area (Å²) < 4.78 is 52.3. The second kappa shape index (κ2) is 8.52. The molecule has 0 aliphatic carbocycles. The molecular formula is C18H19F2N3O5S. The van der Waals surface area contributed by atoms with Gasteiger partial charge < -0.3 is 5.32 Å². The summed E-state index contributed by atoms with van der Waals surface area (Å²) in [5, 5.41) is 13.5. The van der Waals surface area contributed by atoms with E-state index in [0.717, 1.165) is 34.8 Å². The lowest BCUT2D eigenvalue weighted by Gasteiger charge is -2.31. The molecule has 1 atom stereocenters. The van der Waals surface area contributed by atoms with Crippen LogP contribution in [0, 0.1) is 28.7 Å². The molecule has 0 heterocycles. The van der Waals surface area contributed by atoms with E-state index in [1.54, 1.807) is 13.8 Å². The quantitative estimate of drug-likeness (QED) is 0.538. The number of nitro benzene ring substituents is 1. The first-order valence-electron chi connectivity index (χ1n) is 8.46. The lowest BCUT2D eigenvalue weighted by Crippen LogP contribution is -2.47. The molecule has 1 amide bonds. The molecule has 2 rings (SSSR count). The second-order valence-electron chi connectivity index (χ2n) is 6.33. The van der Waals surface area contributed by atoms with Crippen LogP contribution < -0.4 is 9.62 Å². The molecule has 0 spiro atoms. The average Bonchev–Trinajstić information content (AvgIpc) is 2.62. The molecule has 2 aromatic rings. The molecule has 2 aromatic carbocycles. The van der Waals surface area contributed by atoms with Gasteiger partial charge in [-0.1, -0.05) is 13.0 Å². The Hall–Kier alpha value is -3.08. The Balaban J connectivity index is 2.49. The summed E-state index contributed by atoms with van der Waals surface area (Å²) in [6.45, 7) is 3.11. The van der Waals surface area contributed by atoms with Gasteiger partial charge in [0.25, 0.3) is 5.69 Å². The molecule has 11 heteroatoms. The number of hydrogen-bond donors (Lipinski definition) is 1. The standard InChI is InChI=1S/C18H19F2N3O5S/c1-4-16(18(24)21-12-6-8-14(19)15(20)9-12)22(29(3,27)28)17-10-13(23(25)26)7-5-11(17)2/h5-10,16H,4H2,1-3H3,(H,21,24)/t16-/m1/s1. The summed E-state index contributed by atoms with van der Waals surface area (Å²) in [6, 6.07) is 5.12. The minimum Gasteiger partial charge on any atom is -0.324 e. The van der Waals surface area contributed by atoms with Gasteiger partial charge in [-0.2, -0.15) is 0 Å². The van der Waals surface area contributed by atoms with Crippen LogP contribution in [-0.4, -0.2) is 31.5 Å². The Morgan fingerprint density at radius 3 is 2.38 bits per heavy atom. The number of sulfonamides is 1. The van der Waals surface area contributed by atoms with Gasteiger partial charge in [0.2, 0.25) is 15.9 Å². The summed E-state index contributed by atoms with van der Waals surface area (Å²) >= 11 is 0. The molecule has 0 aliphatic rings. The molecule has 0 saturated carbocycles. The first-order chi connectivity index (χ1) is 13.5. The number of amides is 1. The van der Waals surface area contributed by atoms with E-state index in [0.29, 0.717) is 5.56 Å². The van der Waals surface area contributed by atoms with E-state index in [2.05, 4.69) is 5.32 Å². The van der Waals surface area contributed by atoms with E-state index in [1.807, 2.05) is 0 Å². The Labute approximate surface area is 166 Å². The number of benzene rings is 2. The van der Waals surface area contributed by atoms with Crippen LogP contribution in [0.15, 0.2) is 36.4 Å². The highest BCUT2D eigenvalue weighted by Gasteiger charge is 2.33. The van der Waals surface area contributed by atoms with E-state index in [-0.39, 0.29) is 23.5 Å². The van der Waals surface area contributed by atoms with Gasteiger partial charge in [0.15, 0.2) is 11.6 Å². The molecule has 0 aromatic heterocycles. The smallest absolute Gasteiger partial charge is 0.271 e. The van der Waals surface area contributed by atoms with Crippen LogP contribution in [0.4, 0.5) is 25.8 Å². The molecule has 29 heavy (non-hydrogen) atoms. The van der Waals surface area contributed by atoms with Crippen LogP contribution in [0.3, 0.4) is 0 Å². The molecule has 8 nitrogen and oxygen atoms in total. The molecule has 0 radical (unpaired) electrons. The van der Waals surface area contributed by atoms with Crippen molar-refractivity contribution in [3.05, 3.63) is 63.7 Å². The van der Waals surface area contributed by atoms with E-state index in [1.165, 1.54) is 12.1 Å². The normalized spacial score (nSPS) is 12.3. The Morgan fingerprint density at radius 2 is 1.86 bits per heavy atom. The third kappa shape index (κ3) is 5.05. The second-order valence-corrected chi connectivity index (χ2v) is 8.19. The third-order valence-corrected chi connectivity index (χ3v) is 5.32. The summed E-state index contributed by atoms with van der Waals surface area (Å²) in [7, 11) is -4.03. The van der Waals surface area contributed by atoms with Crippen LogP contribution in [-0.2, 0) is 14.8 Å². The predicted molar refractivity (Wildman–Crippen MR) is 104 cm³/mol. The number of nitrogens with zero attached hydrogens (tertiary/aromatic N) is 2. The van der Waals surface area contributed by atoms with E-state index in [9.17, 15) is 32.1 Å². The van der Waals surface area contributed by atoms with E-state index in [4.69, 9.17) is 0 Å². The van der Waals surface area contributed by atoms with Crippen LogP contribution in [0.5, 0.6) is 0 Å². The molecule has 0 fully saturated rings. The molecular weight excluding hydrogens is 408 g/mol. The Bertz CT molecular complexity index is 1060. The zero-order valence-electron chi connectivity index (χ0n) is 15.8. The maximum atomic E-state index is 13.4. The first-order valence-corrected chi connectivity index (χ1v) is 10.3. The fourth-order valence-electron chi connectivity index (χ4n) is 2.78. The van der Waals surface area contributed by atoms with Crippen molar-refractivity contribution in [2.24, 2.45) is 0 Å². The van der Waals surface area contributed by atoms with Crippen LogP contribution in [0.2, 0.25) is 0 Å². The van der Waals surface area contributed by atoms with Crippen LogP contribution >= 0.6 is 0 Å². The highest BCUT2D eigenvalue weighted by atomic mass is 32.2. The van der Waals surface area contributed by atoms with Crippen molar-refractivity contribution in [3.63, 3.8) is 0 Å². The summed E-state index contributed by atoms with van der Waals surface area (Å²) in [5.74, 6) is -3.07. The van der Waals surface area contributed by atoms with Gasteiger partial charge in [0.1, 0.15) is 6.04 Å². The van der Waals surface area contributed by atoms with Crippen molar-refractivity contribution < 1.29 is 26.9 Å². The zero-order chi connectivity index (χ0) is 21.9. The first kappa shape index (κ1) is 22.2.